The molecule has 0 bridgehead atoms. The quantitative estimate of drug-likeness (QED) is 0.361. The normalized spacial score (nSPS) is 17.5. The van der Waals surface area contributed by atoms with E-state index >= 15 is 0 Å². The van der Waals surface area contributed by atoms with Gasteiger partial charge in [0, 0.05) is 51.6 Å². The number of nitrogens with one attached hydrogen (secondary N) is 2. The third kappa shape index (κ3) is 7.65. The Kier molecular flexibility index (Phi) is 9.95. The molecule has 26 heavy (non-hydrogen) atoms. The number of aliphatic imine (C=N–C) groups is 1. The molecule has 5 nitrogen and oxygen atoms in total. The minimum absolute atomic E-state index is 0.628. The fourth-order valence-electron chi connectivity index (χ4n) is 3.15. The van der Waals surface area contributed by atoms with Gasteiger partial charge in [0.2, 0.25) is 0 Å². The molecule has 2 N–H and O–H groups in total. The van der Waals surface area contributed by atoms with Crippen LogP contribution in [0.25, 0.3) is 0 Å². The first-order valence-electron chi connectivity index (χ1n) is 10.2. The summed E-state index contributed by atoms with van der Waals surface area (Å²) < 4.78 is 5.61. The van der Waals surface area contributed by atoms with Crippen molar-refractivity contribution in [3.63, 3.8) is 0 Å². The van der Waals surface area contributed by atoms with Crippen LogP contribution in [0.4, 0.5) is 5.69 Å². The van der Waals surface area contributed by atoms with Crippen molar-refractivity contribution in [2.24, 2.45) is 10.9 Å². The Hall–Kier alpha value is -1.75. The van der Waals surface area contributed by atoms with Gasteiger partial charge in [-0.2, -0.15) is 0 Å². The summed E-state index contributed by atoms with van der Waals surface area (Å²) in [5.74, 6) is 1.56. The molecule has 1 aromatic carbocycles. The largest absolute Gasteiger partial charge is 0.381 e. The van der Waals surface area contributed by atoms with Crippen LogP contribution in [-0.4, -0.2) is 51.9 Å². The van der Waals surface area contributed by atoms with E-state index in [1.807, 2.05) is 0 Å². The molecule has 1 saturated heterocycles. The van der Waals surface area contributed by atoms with E-state index in [0.29, 0.717) is 5.92 Å². The lowest BCUT2D eigenvalue weighted by Crippen LogP contribution is -2.38. The van der Waals surface area contributed by atoms with Crippen molar-refractivity contribution in [1.29, 1.82) is 0 Å². The number of nitrogens with zero attached hydrogens (tertiary/aromatic N) is 2. The van der Waals surface area contributed by atoms with Crippen LogP contribution in [0.3, 0.4) is 0 Å². The summed E-state index contributed by atoms with van der Waals surface area (Å²) in [6, 6.07) is 10.7. The van der Waals surface area contributed by atoms with Crippen LogP contribution in [-0.2, 0) is 4.74 Å². The average Bonchev–Trinajstić information content (AvgIpc) is 3.15. The van der Waals surface area contributed by atoms with Gasteiger partial charge in [-0.25, -0.2) is 0 Å². The number of hydrogen-bond donors (Lipinski definition) is 2. The molecule has 0 saturated carbocycles. The van der Waals surface area contributed by atoms with Gasteiger partial charge in [0.05, 0.1) is 0 Å². The molecule has 2 rings (SSSR count). The zero-order valence-corrected chi connectivity index (χ0v) is 16.5. The molecule has 1 aliphatic heterocycles. The predicted molar refractivity (Wildman–Crippen MR) is 111 cm³/mol. The van der Waals surface area contributed by atoms with Crippen molar-refractivity contribution in [3.05, 3.63) is 30.3 Å². The molecule has 0 aliphatic carbocycles. The number of para-hydroxylation sites is 1. The van der Waals surface area contributed by atoms with Crippen LogP contribution in [0.15, 0.2) is 35.3 Å². The van der Waals surface area contributed by atoms with Gasteiger partial charge in [-0.05, 0) is 44.2 Å². The lowest BCUT2D eigenvalue weighted by molar-refractivity contribution is 0.129. The monoisotopic (exact) mass is 360 g/mol. The number of hydrogen-bond acceptors (Lipinski definition) is 3. The number of unbranched alkanes of at least 4 members (excludes halogenated alkanes) is 1. The Labute approximate surface area is 159 Å². The van der Waals surface area contributed by atoms with Gasteiger partial charge in [-0.1, -0.05) is 31.5 Å². The molecular weight excluding hydrogens is 324 g/mol. The highest BCUT2D eigenvalue weighted by atomic mass is 16.5. The molecule has 1 aliphatic rings. The van der Waals surface area contributed by atoms with E-state index in [2.05, 4.69) is 59.7 Å². The predicted octanol–water partition coefficient (Wildman–Crippen LogP) is 3.27. The third-order valence-corrected chi connectivity index (χ3v) is 4.66. The molecule has 1 atom stereocenters. The molecular formula is C21H36N4O. The number of rotatable bonds is 11. The lowest BCUT2D eigenvalue weighted by Gasteiger charge is -2.18. The molecule has 0 aromatic heterocycles. The van der Waals surface area contributed by atoms with Crippen LogP contribution in [0.5, 0.6) is 0 Å². The van der Waals surface area contributed by atoms with Gasteiger partial charge >= 0.3 is 0 Å². The van der Waals surface area contributed by atoms with E-state index in [1.165, 1.54) is 18.5 Å². The van der Waals surface area contributed by atoms with Crippen molar-refractivity contribution >= 4 is 11.6 Å². The second-order valence-electron chi connectivity index (χ2n) is 6.90. The van der Waals surface area contributed by atoms with Crippen LogP contribution in [0.1, 0.15) is 39.5 Å². The second kappa shape index (κ2) is 12.6. The second-order valence-corrected chi connectivity index (χ2v) is 6.90. The van der Waals surface area contributed by atoms with Crippen LogP contribution in [0, 0.1) is 5.92 Å². The summed E-state index contributed by atoms with van der Waals surface area (Å²) in [5, 5.41) is 6.77. The van der Waals surface area contributed by atoms with Gasteiger partial charge in [0.25, 0.3) is 0 Å². The summed E-state index contributed by atoms with van der Waals surface area (Å²) in [4.78, 5) is 7.26. The van der Waals surface area contributed by atoms with E-state index < -0.39 is 0 Å². The lowest BCUT2D eigenvalue weighted by atomic mass is 10.1. The maximum absolute atomic E-state index is 5.61. The van der Waals surface area contributed by atoms with Crippen molar-refractivity contribution in [2.45, 2.75) is 39.5 Å². The first kappa shape index (κ1) is 20.6. The van der Waals surface area contributed by atoms with E-state index in [0.717, 1.165) is 64.7 Å². The Morgan fingerprint density at radius 3 is 2.73 bits per heavy atom. The molecule has 1 fully saturated rings. The Morgan fingerprint density at radius 1 is 1.15 bits per heavy atom. The summed E-state index contributed by atoms with van der Waals surface area (Å²) in [6.45, 7) is 10.9. The maximum Gasteiger partial charge on any atom is 0.191 e. The highest BCUT2D eigenvalue weighted by Gasteiger charge is 2.22. The first-order chi connectivity index (χ1) is 12.8. The number of benzene rings is 1. The summed E-state index contributed by atoms with van der Waals surface area (Å²) in [6.07, 6.45) is 4.57. The van der Waals surface area contributed by atoms with E-state index in [1.54, 1.807) is 0 Å². The fourth-order valence-corrected chi connectivity index (χ4v) is 3.15. The minimum Gasteiger partial charge on any atom is -0.381 e. The Bertz CT molecular complexity index is 506. The zero-order chi connectivity index (χ0) is 18.5. The van der Waals surface area contributed by atoms with Crippen LogP contribution in [0.2, 0.25) is 0 Å². The molecule has 1 unspecified atom stereocenters. The molecule has 0 amide bonds. The van der Waals surface area contributed by atoms with E-state index in [4.69, 9.17) is 9.73 Å². The number of ether oxygens (including phenoxy) is 1. The topological polar surface area (TPSA) is 48.9 Å². The minimum atomic E-state index is 0.628. The average molecular weight is 361 g/mol. The zero-order valence-electron chi connectivity index (χ0n) is 16.5. The molecule has 5 heteroatoms. The van der Waals surface area contributed by atoms with E-state index in [9.17, 15) is 0 Å². The summed E-state index contributed by atoms with van der Waals surface area (Å²) >= 11 is 0. The molecule has 1 aromatic rings. The van der Waals surface area contributed by atoms with Gasteiger partial charge in [0.1, 0.15) is 0 Å². The standard InChI is InChI=1S/C21H36N4O/c1-3-5-15-26-16-9-13-23-21(22-4-2)24-17-19-12-14-25(18-19)20-10-7-6-8-11-20/h6-8,10-11,19H,3-5,9,12-18H2,1-2H3,(H2,22,23,24). The van der Waals surface area contributed by atoms with Gasteiger partial charge in [-0.3, -0.25) is 4.99 Å². The SMILES string of the molecule is CCCCOCCCNC(=NCC1CCN(c2ccccc2)C1)NCC. The van der Waals surface area contributed by atoms with Crippen molar-refractivity contribution in [3.8, 4) is 0 Å². The smallest absolute Gasteiger partial charge is 0.191 e. The Balaban J connectivity index is 1.68. The van der Waals surface area contributed by atoms with Gasteiger partial charge < -0.3 is 20.3 Å². The molecule has 0 spiro atoms. The molecule has 146 valence electrons. The maximum atomic E-state index is 5.61. The summed E-state index contributed by atoms with van der Waals surface area (Å²) in [5.41, 5.74) is 1.33. The number of anilines is 1. The van der Waals surface area contributed by atoms with Crippen molar-refractivity contribution < 1.29 is 4.74 Å². The van der Waals surface area contributed by atoms with E-state index in [-0.39, 0.29) is 0 Å². The van der Waals surface area contributed by atoms with Gasteiger partial charge in [-0.15, -0.1) is 0 Å². The summed E-state index contributed by atoms with van der Waals surface area (Å²) in [7, 11) is 0. The number of guanidine groups is 1. The molecule has 0 radical (unpaired) electrons. The highest BCUT2D eigenvalue weighted by Crippen LogP contribution is 2.23. The first-order valence-corrected chi connectivity index (χ1v) is 10.2. The molecule has 1 heterocycles. The van der Waals surface area contributed by atoms with Crippen molar-refractivity contribution in [1.82, 2.24) is 10.6 Å². The van der Waals surface area contributed by atoms with Crippen LogP contribution < -0.4 is 15.5 Å². The third-order valence-electron chi connectivity index (χ3n) is 4.66. The van der Waals surface area contributed by atoms with Gasteiger partial charge in [0.15, 0.2) is 5.96 Å². The highest BCUT2D eigenvalue weighted by molar-refractivity contribution is 5.79. The Morgan fingerprint density at radius 2 is 1.96 bits per heavy atom. The fraction of sp³-hybridized carbons (Fsp3) is 0.667. The van der Waals surface area contributed by atoms with Crippen molar-refractivity contribution in [2.75, 3.05) is 50.8 Å². The van der Waals surface area contributed by atoms with Crippen LogP contribution >= 0.6 is 0 Å².